The number of aliphatic hydroxyl groups is 1. The normalized spacial score (nSPS) is 42.0. The molecule has 2 aliphatic carbocycles. The van der Waals surface area contributed by atoms with Crippen molar-refractivity contribution in [1.82, 2.24) is 4.90 Å². The van der Waals surface area contributed by atoms with Gasteiger partial charge in [0.1, 0.15) is 0 Å². The number of aromatic hydroxyl groups is 1. The maximum absolute atomic E-state index is 12.5. The Balaban J connectivity index is 1.88. The fraction of sp³-hybridized carbons (Fsp3) is 0.588. The molecule has 1 saturated heterocycles. The quantitative estimate of drug-likeness (QED) is 0.740. The van der Waals surface area contributed by atoms with Gasteiger partial charge in [-0.15, -0.1) is 0 Å². The first-order valence-electron chi connectivity index (χ1n) is 7.96. The van der Waals surface area contributed by atoms with Gasteiger partial charge in [0.05, 0.1) is 11.0 Å². The van der Waals surface area contributed by atoms with Crippen LogP contribution in [-0.2, 0) is 16.6 Å². The summed E-state index contributed by atoms with van der Waals surface area (Å²) in [5.41, 5.74) is 0.370. The van der Waals surface area contributed by atoms with Gasteiger partial charge in [-0.2, -0.15) is 0 Å². The molecule has 0 amide bonds. The summed E-state index contributed by atoms with van der Waals surface area (Å²) in [4.78, 5) is 14.7. The van der Waals surface area contributed by atoms with Gasteiger partial charge in [-0.05, 0) is 44.5 Å². The summed E-state index contributed by atoms with van der Waals surface area (Å²) in [6.07, 6.45) is 1.61. The van der Waals surface area contributed by atoms with Crippen molar-refractivity contribution in [2.45, 2.75) is 48.8 Å². The highest BCUT2D eigenvalue weighted by molar-refractivity contribution is 5.90. The van der Waals surface area contributed by atoms with E-state index in [1.54, 1.807) is 6.07 Å². The minimum Gasteiger partial charge on any atom is -0.504 e. The topological polar surface area (TPSA) is 70.0 Å². The van der Waals surface area contributed by atoms with E-state index < -0.39 is 17.1 Å². The van der Waals surface area contributed by atoms with Gasteiger partial charge in [0, 0.05) is 18.0 Å². The van der Waals surface area contributed by atoms with E-state index in [0.717, 1.165) is 24.1 Å². The molecule has 116 valence electrons. The van der Waals surface area contributed by atoms with Crippen LogP contribution in [0.3, 0.4) is 0 Å². The molecule has 0 aromatic heterocycles. The molecule has 2 bridgehead atoms. The molecule has 22 heavy (non-hydrogen) atoms. The van der Waals surface area contributed by atoms with Crippen molar-refractivity contribution in [3.8, 4) is 11.5 Å². The molecule has 0 radical (unpaired) electrons. The Morgan fingerprint density at radius 3 is 3.00 bits per heavy atom. The average Bonchev–Trinajstić information content (AvgIpc) is 2.85. The van der Waals surface area contributed by atoms with E-state index in [-0.39, 0.29) is 17.6 Å². The molecule has 1 spiro atoms. The van der Waals surface area contributed by atoms with Crippen LogP contribution in [0, 0.1) is 0 Å². The van der Waals surface area contributed by atoms with Crippen LogP contribution >= 0.6 is 0 Å². The molecular weight excluding hydrogens is 282 g/mol. The van der Waals surface area contributed by atoms with E-state index in [1.807, 2.05) is 13.1 Å². The van der Waals surface area contributed by atoms with Crippen molar-refractivity contribution in [2.24, 2.45) is 0 Å². The molecule has 4 aliphatic rings. The molecule has 2 fully saturated rings. The second-order valence-electron chi connectivity index (χ2n) is 7.26. The van der Waals surface area contributed by atoms with Crippen LogP contribution in [0.25, 0.3) is 0 Å². The number of Topliss-reactive ketones (excluding diaryl/α,β-unsaturated/α-hetero) is 1. The lowest BCUT2D eigenvalue weighted by Gasteiger charge is -2.61. The Morgan fingerprint density at radius 2 is 2.18 bits per heavy atom. The van der Waals surface area contributed by atoms with Crippen LogP contribution in [0.4, 0.5) is 0 Å². The minimum absolute atomic E-state index is 0.00319. The number of benzene rings is 1. The Morgan fingerprint density at radius 1 is 1.36 bits per heavy atom. The number of carbonyl (C=O) groups excluding carboxylic acids is 1. The van der Waals surface area contributed by atoms with Crippen molar-refractivity contribution in [3.05, 3.63) is 23.3 Å². The lowest BCUT2D eigenvalue weighted by atomic mass is 9.49. The van der Waals surface area contributed by atoms with E-state index in [0.29, 0.717) is 25.0 Å². The van der Waals surface area contributed by atoms with Crippen LogP contribution in [0.1, 0.15) is 30.4 Å². The number of hydrogen-bond acceptors (Lipinski definition) is 5. The number of hydrogen-bond donors (Lipinski definition) is 2. The summed E-state index contributed by atoms with van der Waals surface area (Å²) in [6.45, 7) is 0.828. The van der Waals surface area contributed by atoms with Gasteiger partial charge >= 0.3 is 0 Å². The standard InChI is InChI=1S/C17H19NO4/c1-18-7-6-16-13-9-2-3-10(19)14(13)22-15(16)11(20)4-5-17(16,21)12(18)8-9/h2-3,12,15,19,21H,4-8H2,1H3/t12-,15?,16?,17-/m1/s1. The lowest BCUT2D eigenvalue weighted by Crippen LogP contribution is -2.76. The van der Waals surface area contributed by atoms with Crippen molar-refractivity contribution in [2.75, 3.05) is 13.6 Å². The largest absolute Gasteiger partial charge is 0.504 e. The molecule has 5 rings (SSSR count). The van der Waals surface area contributed by atoms with Gasteiger partial charge in [0.25, 0.3) is 0 Å². The highest BCUT2D eigenvalue weighted by Gasteiger charge is 2.72. The summed E-state index contributed by atoms with van der Waals surface area (Å²) in [5, 5.41) is 21.8. The zero-order valence-electron chi connectivity index (χ0n) is 12.5. The van der Waals surface area contributed by atoms with Gasteiger partial charge in [-0.25, -0.2) is 0 Å². The van der Waals surface area contributed by atoms with Crippen LogP contribution in [0.2, 0.25) is 0 Å². The predicted octanol–water partition coefficient (Wildman–Crippen LogP) is 0.745. The van der Waals surface area contributed by atoms with Gasteiger partial charge < -0.3 is 19.8 Å². The fourth-order valence-electron chi connectivity index (χ4n) is 5.54. The summed E-state index contributed by atoms with van der Waals surface area (Å²) in [7, 11) is 2.04. The monoisotopic (exact) mass is 301 g/mol. The maximum Gasteiger partial charge on any atom is 0.174 e. The second-order valence-corrected chi connectivity index (χ2v) is 7.26. The van der Waals surface area contributed by atoms with Crippen molar-refractivity contribution >= 4 is 5.78 Å². The molecule has 1 aromatic carbocycles. The van der Waals surface area contributed by atoms with Crippen molar-refractivity contribution < 1.29 is 19.7 Å². The molecule has 5 nitrogen and oxygen atoms in total. The first kappa shape index (κ1) is 12.9. The molecule has 5 heteroatoms. The van der Waals surface area contributed by atoms with Gasteiger partial charge in [0.2, 0.25) is 0 Å². The zero-order chi connectivity index (χ0) is 15.3. The number of nitrogens with zero attached hydrogens (tertiary/aromatic N) is 1. The summed E-state index contributed by atoms with van der Waals surface area (Å²) in [6, 6.07) is 3.57. The first-order chi connectivity index (χ1) is 10.5. The molecule has 2 unspecified atom stereocenters. The SMILES string of the molecule is CN1CCC23c4c5ccc(O)c4OC2C(=O)CC[C@@]3(O)[C@H]1C5. The maximum atomic E-state index is 12.5. The second kappa shape index (κ2) is 3.66. The molecule has 1 aromatic rings. The highest BCUT2D eigenvalue weighted by Crippen LogP contribution is 2.64. The Bertz CT molecular complexity index is 717. The summed E-state index contributed by atoms with van der Waals surface area (Å²) in [5.74, 6) is 0.561. The number of likely N-dealkylation sites (tertiary alicyclic amines) is 1. The number of rotatable bonds is 0. The van der Waals surface area contributed by atoms with E-state index in [4.69, 9.17) is 4.74 Å². The van der Waals surface area contributed by atoms with E-state index in [2.05, 4.69) is 4.90 Å². The van der Waals surface area contributed by atoms with E-state index in [9.17, 15) is 15.0 Å². The van der Waals surface area contributed by atoms with Crippen molar-refractivity contribution in [3.63, 3.8) is 0 Å². The number of phenolic OH excluding ortho intramolecular Hbond substituents is 1. The number of piperidine rings is 1. The minimum atomic E-state index is -0.954. The number of phenols is 1. The third kappa shape index (κ3) is 1.13. The van der Waals surface area contributed by atoms with Crippen LogP contribution in [-0.4, -0.2) is 52.2 Å². The predicted molar refractivity (Wildman–Crippen MR) is 78.1 cm³/mol. The number of carbonyl (C=O) groups is 1. The number of likely N-dealkylation sites (N-methyl/N-ethyl adjacent to an activating group) is 1. The Hall–Kier alpha value is -1.59. The lowest BCUT2D eigenvalue weighted by molar-refractivity contribution is -0.185. The van der Waals surface area contributed by atoms with E-state index >= 15 is 0 Å². The van der Waals surface area contributed by atoms with Gasteiger partial charge in [-0.1, -0.05) is 6.07 Å². The molecule has 2 aliphatic heterocycles. The average molecular weight is 301 g/mol. The van der Waals surface area contributed by atoms with Crippen LogP contribution in [0.15, 0.2) is 12.1 Å². The number of ether oxygens (including phenoxy) is 1. The van der Waals surface area contributed by atoms with Crippen LogP contribution < -0.4 is 4.74 Å². The molecule has 2 heterocycles. The summed E-state index contributed by atoms with van der Waals surface area (Å²) >= 11 is 0. The van der Waals surface area contributed by atoms with Crippen LogP contribution in [0.5, 0.6) is 11.5 Å². The Labute approximate surface area is 128 Å². The molecule has 1 saturated carbocycles. The fourth-order valence-corrected chi connectivity index (χ4v) is 5.54. The Kier molecular flexibility index (Phi) is 2.15. The summed E-state index contributed by atoms with van der Waals surface area (Å²) < 4.78 is 5.94. The molecule has 2 N–H and O–H groups in total. The number of ketones is 1. The third-order valence-corrected chi connectivity index (χ3v) is 6.53. The third-order valence-electron chi connectivity index (χ3n) is 6.53. The van der Waals surface area contributed by atoms with Crippen molar-refractivity contribution in [1.29, 1.82) is 0 Å². The van der Waals surface area contributed by atoms with Gasteiger partial charge in [-0.3, -0.25) is 4.79 Å². The smallest absolute Gasteiger partial charge is 0.174 e. The highest BCUT2D eigenvalue weighted by atomic mass is 16.5. The molecule has 4 atom stereocenters. The van der Waals surface area contributed by atoms with Gasteiger partial charge in [0.15, 0.2) is 23.4 Å². The molecular formula is C17H19NO4. The first-order valence-corrected chi connectivity index (χ1v) is 7.96. The zero-order valence-corrected chi connectivity index (χ0v) is 12.5. The van der Waals surface area contributed by atoms with E-state index in [1.165, 1.54) is 0 Å².